The lowest BCUT2D eigenvalue weighted by molar-refractivity contribution is -0.134. The van der Waals surface area contributed by atoms with Gasteiger partial charge in [0.05, 0.1) is 26.3 Å². The van der Waals surface area contributed by atoms with Crippen molar-refractivity contribution in [1.29, 1.82) is 0 Å². The maximum absolute atomic E-state index is 12.8. The molecule has 0 radical (unpaired) electrons. The molecule has 0 unspecified atom stereocenters. The zero-order chi connectivity index (χ0) is 23.2. The summed E-state index contributed by atoms with van der Waals surface area (Å²) >= 11 is 0. The summed E-state index contributed by atoms with van der Waals surface area (Å²) in [6, 6.07) is 13.6. The molecular formula is C26H30N2O5. The van der Waals surface area contributed by atoms with E-state index in [0.29, 0.717) is 36.9 Å². The van der Waals surface area contributed by atoms with E-state index < -0.39 is 0 Å². The highest BCUT2D eigenvalue weighted by molar-refractivity contribution is 5.78. The van der Waals surface area contributed by atoms with Crippen molar-refractivity contribution < 1.29 is 23.4 Å². The third-order valence-corrected chi connectivity index (χ3v) is 5.88. The Kier molecular flexibility index (Phi) is 7.17. The zero-order valence-corrected chi connectivity index (χ0v) is 19.4. The molecule has 0 N–H and O–H groups in total. The Hall–Kier alpha value is -3.48. The van der Waals surface area contributed by atoms with Crippen molar-refractivity contribution in [2.45, 2.75) is 32.1 Å². The number of benzene rings is 2. The normalized spacial score (nSPS) is 15.8. The Bertz CT molecular complexity index is 1090. The van der Waals surface area contributed by atoms with Crippen LogP contribution >= 0.6 is 0 Å². The summed E-state index contributed by atoms with van der Waals surface area (Å²) in [5.74, 6) is 3.53. The van der Waals surface area contributed by atoms with Gasteiger partial charge in [0.1, 0.15) is 11.5 Å². The molecular weight excluding hydrogens is 420 g/mol. The van der Waals surface area contributed by atoms with Crippen LogP contribution in [0.5, 0.6) is 17.2 Å². The molecule has 1 amide bonds. The predicted octanol–water partition coefficient (Wildman–Crippen LogP) is 4.38. The van der Waals surface area contributed by atoms with Gasteiger partial charge >= 0.3 is 0 Å². The second-order valence-corrected chi connectivity index (χ2v) is 8.32. The van der Waals surface area contributed by atoms with Gasteiger partial charge in [-0.15, -0.1) is 0 Å². The minimum Gasteiger partial charge on any atom is -0.497 e. The topological polar surface area (TPSA) is 74.0 Å². The van der Waals surface area contributed by atoms with E-state index in [1.807, 2.05) is 54.3 Å². The van der Waals surface area contributed by atoms with Gasteiger partial charge in [-0.25, -0.2) is 4.98 Å². The lowest BCUT2D eigenvalue weighted by Gasteiger charge is -2.31. The number of likely N-dealkylation sites (tertiary alicyclic amines) is 1. The first kappa shape index (κ1) is 22.7. The SMILES string of the molecule is COc1cccc(Cc2cnc([C@@H]3CCCN(C(=O)COc4ccc(C)cc4OC)C3)o2)c1. The number of hydrogen-bond acceptors (Lipinski definition) is 6. The lowest BCUT2D eigenvalue weighted by Crippen LogP contribution is -2.41. The third-order valence-electron chi connectivity index (χ3n) is 5.88. The number of aromatic nitrogens is 1. The third kappa shape index (κ3) is 5.66. The molecule has 0 spiro atoms. The summed E-state index contributed by atoms with van der Waals surface area (Å²) in [6.07, 6.45) is 4.27. The number of hydrogen-bond donors (Lipinski definition) is 0. The first-order valence-corrected chi connectivity index (χ1v) is 11.2. The maximum Gasteiger partial charge on any atom is 0.260 e. The number of carbonyl (C=O) groups is 1. The van der Waals surface area contributed by atoms with Crippen molar-refractivity contribution in [1.82, 2.24) is 9.88 Å². The number of piperidine rings is 1. The second kappa shape index (κ2) is 10.4. The van der Waals surface area contributed by atoms with Gasteiger partial charge in [-0.2, -0.15) is 0 Å². The smallest absolute Gasteiger partial charge is 0.260 e. The Morgan fingerprint density at radius 3 is 2.85 bits per heavy atom. The highest BCUT2D eigenvalue weighted by Gasteiger charge is 2.28. The van der Waals surface area contributed by atoms with Crippen molar-refractivity contribution in [2.24, 2.45) is 0 Å². The first-order valence-electron chi connectivity index (χ1n) is 11.2. The Balaban J connectivity index is 1.35. The van der Waals surface area contributed by atoms with Gasteiger partial charge in [0, 0.05) is 19.5 Å². The van der Waals surface area contributed by atoms with Gasteiger partial charge < -0.3 is 23.5 Å². The summed E-state index contributed by atoms with van der Waals surface area (Å²) < 4.78 is 22.5. The van der Waals surface area contributed by atoms with E-state index in [-0.39, 0.29) is 18.4 Å². The van der Waals surface area contributed by atoms with Crippen LogP contribution in [0.15, 0.2) is 53.1 Å². The minimum absolute atomic E-state index is 0.0290. The zero-order valence-electron chi connectivity index (χ0n) is 19.4. The van der Waals surface area contributed by atoms with Crippen LogP contribution in [0.3, 0.4) is 0 Å². The largest absolute Gasteiger partial charge is 0.497 e. The Morgan fingerprint density at radius 2 is 2.03 bits per heavy atom. The van der Waals surface area contributed by atoms with Crippen LogP contribution in [0.4, 0.5) is 0 Å². The minimum atomic E-state index is -0.0505. The summed E-state index contributed by atoms with van der Waals surface area (Å²) in [5, 5.41) is 0. The van der Waals surface area contributed by atoms with E-state index in [4.69, 9.17) is 18.6 Å². The molecule has 0 bridgehead atoms. The van der Waals surface area contributed by atoms with Crippen molar-refractivity contribution in [2.75, 3.05) is 33.9 Å². The molecule has 7 nitrogen and oxygen atoms in total. The van der Waals surface area contributed by atoms with Crippen LogP contribution in [0.1, 0.15) is 41.5 Å². The van der Waals surface area contributed by atoms with Gasteiger partial charge in [0.2, 0.25) is 0 Å². The summed E-state index contributed by atoms with van der Waals surface area (Å²) in [6.45, 7) is 3.24. The average molecular weight is 451 g/mol. The molecule has 2 aromatic carbocycles. The molecule has 174 valence electrons. The van der Waals surface area contributed by atoms with Crippen LogP contribution in [0.2, 0.25) is 0 Å². The summed E-state index contributed by atoms with van der Waals surface area (Å²) in [5.41, 5.74) is 2.17. The van der Waals surface area contributed by atoms with Gasteiger partial charge in [-0.1, -0.05) is 18.2 Å². The van der Waals surface area contributed by atoms with E-state index >= 15 is 0 Å². The Labute approximate surface area is 194 Å². The second-order valence-electron chi connectivity index (χ2n) is 8.32. The monoisotopic (exact) mass is 450 g/mol. The van der Waals surface area contributed by atoms with E-state index in [1.54, 1.807) is 20.4 Å². The Morgan fingerprint density at radius 1 is 1.15 bits per heavy atom. The fraction of sp³-hybridized carbons (Fsp3) is 0.385. The van der Waals surface area contributed by atoms with Gasteiger partial charge in [-0.3, -0.25) is 4.79 Å². The number of methoxy groups -OCH3 is 2. The van der Waals surface area contributed by atoms with Crippen molar-refractivity contribution >= 4 is 5.91 Å². The van der Waals surface area contributed by atoms with Gasteiger partial charge in [0.15, 0.2) is 24.0 Å². The number of amides is 1. The highest BCUT2D eigenvalue weighted by atomic mass is 16.5. The number of rotatable bonds is 8. The molecule has 1 atom stereocenters. The van der Waals surface area contributed by atoms with Crippen molar-refractivity contribution in [3.63, 3.8) is 0 Å². The number of nitrogens with zero attached hydrogens (tertiary/aromatic N) is 2. The van der Waals surface area contributed by atoms with Crippen molar-refractivity contribution in [3.05, 3.63) is 71.4 Å². The van der Waals surface area contributed by atoms with Crippen LogP contribution < -0.4 is 14.2 Å². The first-order chi connectivity index (χ1) is 16.1. The summed E-state index contributed by atoms with van der Waals surface area (Å²) in [4.78, 5) is 19.2. The molecule has 1 aliphatic rings. The van der Waals surface area contributed by atoms with Crippen LogP contribution in [0, 0.1) is 6.92 Å². The highest BCUT2D eigenvalue weighted by Crippen LogP contribution is 2.29. The number of carbonyl (C=O) groups excluding carboxylic acids is 1. The number of aryl methyl sites for hydroxylation is 1. The predicted molar refractivity (Wildman–Crippen MR) is 124 cm³/mol. The molecule has 4 rings (SSSR count). The van der Waals surface area contributed by atoms with E-state index in [9.17, 15) is 4.79 Å². The van der Waals surface area contributed by atoms with E-state index in [1.165, 1.54) is 0 Å². The quantitative estimate of drug-likeness (QED) is 0.507. The van der Waals surface area contributed by atoms with Gasteiger partial charge in [0.25, 0.3) is 5.91 Å². The van der Waals surface area contributed by atoms with Crippen LogP contribution in [0.25, 0.3) is 0 Å². The fourth-order valence-electron chi connectivity index (χ4n) is 4.11. The maximum atomic E-state index is 12.8. The molecule has 0 saturated carbocycles. The standard InChI is InChI=1S/C26H30N2O5/c1-18-9-10-23(24(12-18)31-3)32-17-25(29)28-11-5-7-20(16-28)26-27-15-22(33-26)14-19-6-4-8-21(13-19)30-2/h4,6,8-10,12-13,15,20H,5,7,11,14,16-17H2,1-3H3/t20-/m1/s1. The molecule has 33 heavy (non-hydrogen) atoms. The molecule has 0 aliphatic carbocycles. The van der Waals surface area contributed by atoms with Crippen LogP contribution in [-0.2, 0) is 11.2 Å². The molecule has 2 heterocycles. The lowest BCUT2D eigenvalue weighted by atomic mass is 9.98. The molecule has 3 aromatic rings. The van der Waals surface area contributed by atoms with Crippen molar-refractivity contribution in [3.8, 4) is 17.2 Å². The molecule has 1 saturated heterocycles. The molecule has 1 aromatic heterocycles. The average Bonchev–Trinajstić information content (AvgIpc) is 3.31. The summed E-state index contributed by atoms with van der Waals surface area (Å²) in [7, 11) is 3.25. The molecule has 1 aliphatic heterocycles. The van der Waals surface area contributed by atoms with E-state index in [0.717, 1.165) is 35.5 Å². The number of oxazole rings is 1. The van der Waals surface area contributed by atoms with Gasteiger partial charge in [-0.05, 0) is 55.2 Å². The fourth-order valence-corrected chi connectivity index (χ4v) is 4.11. The van der Waals surface area contributed by atoms with E-state index in [2.05, 4.69) is 4.98 Å². The number of ether oxygens (including phenoxy) is 3. The molecule has 7 heteroatoms. The molecule has 1 fully saturated rings. The van der Waals surface area contributed by atoms with Crippen LogP contribution in [-0.4, -0.2) is 49.7 Å².